The molecule has 2 N–H and O–H groups in total. The Morgan fingerprint density at radius 1 is 1.26 bits per heavy atom. The first-order valence-electron chi connectivity index (χ1n) is 6.29. The third-order valence-electron chi connectivity index (χ3n) is 3.03. The zero-order chi connectivity index (χ0) is 13.7. The van der Waals surface area contributed by atoms with Gasteiger partial charge in [0.15, 0.2) is 0 Å². The Morgan fingerprint density at radius 3 is 2.74 bits per heavy atom. The molecule has 0 bridgehead atoms. The molecule has 1 aromatic carbocycles. The van der Waals surface area contributed by atoms with E-state index in [4.69, 9.17) is 14.9 Å². The van der Waals surface area contributed by atoms with Crippen molar-refractivity contribution in [3.63, 3.8) is 0 Å². The molecule has 0 aliphatic carbocycles. The molecular weight excluding hydrogens is 240 g/mol. The fourth-order valence-corrected chi connectivity index (χ4v) is 2.09. The Kier molecular flexibility index (Phi) is 4.60. The van der Waals surface area contributed by atoms with E-state index in [1.54, 1.807) is 13.4 Å². The lowest BCUT2D eigenvalue weighted by Gasteiger charge is -2.16. The summed E-state index contributed by atoms with van der Waals surface area (Å²) >= 11 is 0. The van der Waals surface area contributed by atoms with Crippen LogP contribution in [0.3, 0.4) is 0 Å². The molecule has 0 amide bonds. The zero-order valence-electron chi connectivity index (χ0n) is 11.4. The molecular formula is C15H20N2O2. The van der Waals surface area contributed by atoms with Gasteiger partial charge < -0.3 is 14.9 Å². The van der Waals surface area contributed by atoms with Gasteiger partial charge in [0.1, 0.15) is 11.5 Å². The van der Waals surface area contributed by atoms with Gasteiger partial charge in [0.25, 0.3) is 0 Å². The standard InChI is InChI=1S/C15H20N2O2/c1-17(11-14-4-3-7-19-14)10-12-5-6-13(9-16)15(8-12)18-2/h3-8H,9-11,16H2,1-2H3. The van der Waals surface area contributed by atoms with Gasteiger partial charge in [-0.2, -0.15) is 0 Å². The minimum atomic E-state index is 0.492. The first kappa shape index (κ1) is 13.6. The fourth-order valence-electron chi connectivity index (χ4n) is 2.09. The highest BCUT2D eigenvalue weighted by atomic mass is 16.5. The second-order valence-corrected chi connectivity index (χ2v) is 4.60. The van der Waals surface area contributed by atoms with Crippen LogP contribution >= 0.6 is 0 Å². The second kappa shape index (κ2) is 6.41. The Labute approximate surface area is 113 Å². The largest absolute Gasteiger partial charge is 0.496 e. The molecule has 0 spiro atoms. The topological polar surface area (TPSA) is 51.6 Å². The lowest BCUT2D eigenvalue weighted by Crippen LogP contribution is -2.17. The van der Waals surface area contributed by atoms with E-state index < -0.39 is 0 Å². The van der Waals surface area contributed by atoms with Crippen LogP contribution in [-0.2, 0) is 19.6 Å². The van der Waals surface area contributed by atoms with Crippen LogP contribution in [0.2, 0.25) is 0 Å². The van der Waals surface area contributed by atoms with Crippen LogP contribution < -0.4 is 10.5 Å². The van der Waals surface area contributed by atoms with E-state index >= 15 is 0 Å². The second-order valence-electron chi connectivity index (χ2n) is 4.60. The third-order valence-corrected chi connectivity index (χ3v) is 3.03. The van der Waals surface area contributed by atoms with Gasteiger partial charge in [-0.25, -0.2) is 0 Å². The molecule has 0 fully saturated rings. The predicted molar refractivity (Wildman–Crippen MR) is 74.8 cm³/mol. The van der Waals surface area contributed by atoms with Crippen molar-refractivity contribution in [2.45, 2.75) is 19.6 Å². The minimum absolute atomic E-state index is 0.492. The highest BCUT2D eigenvalue weighted by Crippen LogP contribution is 2.20. The first-order chi connectivity index (χ1) is 9.22. The van der Waals surface area contributed by atoms with Crippen LogP contribution in [-0.4, -0.2) is 19.1 Å². The number of hydrogen-bond acceptors (Lipinski definition) is 4. The number of ether oxygens (including phenoxy) is 1. The SMILES string of the molecule is COc1cc(CN(C)Cc2ccco2)ccc1CN. The zero-order valence-corrected chi connectivity index (χ0v) is 11.4. The summed E-state index contributed by atoms with van der Waals surface area (Å²) in [4.78, 5) is 2.19. The van der Waals surface area contributed by atoms with E-state index in [1.165, 1.54) is 5.56 Å². The summed E-state index contributed by atoms with van der Waals surface area (Å²) in [5.41, 5.74) is 7.89. The van der Waals surface area contributed by atoms with Crippen LogP contribution in [0.4, 0.5) is 0 Å². The first-order valence-corrected chi connectivity index (χ1v) is 6.29. The van der Waals surface area contributed by atoms with Gasteiger partial charge in [-0.05, 0) is 30.8 Å². The van der Waals surface area contributed by atoms with Gasteiger partial charge in [0.05, 0.1) is 19.9 Å². The molecule has 2 aromatic rings. The van der Waals surface area contributed by atoms with E-state index in [-0.39, 0.29) is 0 Å². The molecule has 1 aromatic heterocycles. The minimum Gasteiger partial charge on any atom is -0.496 e. The summed E-state index contributed by atoms with van der Waals surface area (Å²) in [7, 11) is 3.73. The third kappa shape index (κ3) is 3.59. The van der Waals surface area contributed by atoms with Crippen molar-refractivity contribution in [3.05, 3.63) is 53.5 Å². The number of nitrogens with zero attached hydrogens (tertiary/aromatic N) is 1. The molecule has 4 nitrogen and oxygen atoms in total. The van der Waals surface area contributed by atoms with E-state index in [2.05, 4.69) is 18.0 Å². The van der Waals surface area contributed by atoms with Crippen molar-refractivity contribution in [2.75, 3.05) is 14.2 Å². The molecule has 0 unspecified atom stereocenters. The summed E-state index contributed by atoms with van der Waals surface area (Å²) in [6.07, 6.45) is 1.70. The van der Waals surface area contributed by atoms with Crippen molar-refractivity contribution < 1.29 is 9.15 Å². The molecule has 0 radical (unpaired) electrons. The van der Waals surface area contributed by atoms with Gasteiger partial charge in [-0.1, -0.05) is 12.1 Å². The monoisotopic (exact) mass is 260 g/mol. The van der Waals surface area contributed by atoms with Crippen LogP contribution in [0, 0.1) is 0 Å². The van der Waals surface area contributed by atoms with Crippen molar-refractivity contribution in [3.8, 4) is 5.75 Å². The van der Waals surface area contributed by atoms with Crippen molar-refractivity contribution in [1.82, 2.24) is 4.90 Å². The molecule has 0 atom stereocenters. The average molecular weight is 260 g/mol. The van der Waals surface area contributed by atoms with Crippen LogP contribution in [0.25, 0.3) is 0 Å². The summed E-state index contributed by atoms with van der Waals surface area (Å²) in [5, 5.41) is 0. The summed E-state index contributed by atoms with van der Waals surface area (Å²) < 4.78 is 10.7. The van der Waals surface area contributed by atoms with Gasteiger partial charge >= 0.3 is 0 Å². The maximum Gasteiger partial charge on any atom is 0.123 e. The van der Waals surface area contributed by atoms with Crippen molar-refractivity contribution in [1.29, 1.82) is 0 Å². The number of hydrogen-bond donors (Lipinski definition) is 1. The highest BCUT2D eigenvalue weighted by molar-refractivity contribution is 5.37. The summed E-state index contributed by atoms with van der Waals surface area (Å²) in [5.74, 6) is 1.82. The van der Waals surface area contributed by atoms with E-state index in [0.29, 0.717) is 6.54 Å². The number of nitrogens with two attached hydrogens (primary N) is 1. The van der Waals surface area contributed by atoms with E-state index in [1.807, 2.05) is 24.3 Å². The summed E-state index contributed by atoms with van der Waals surface area (Å²) in [6, 6.07) is 10.0. The quantitative estimate of drug-likeness (QED) is 0.866. The van der Waals surface area contributed by atoms with Crippen LogP contribution in [0.1, 0.15) is 16.9 Å². The van der Waals surface area contributed by atoms with Crippen molar-refractivity contribution in [2.24, 2.45) is 5.73 Å². The smallest absolute Gasteiger partial charge is 0.123 e. The molecule has 1 heterocycles. The average Bonchev–Trinajstić information content (AvgIpc) is 2.91. The van der Waals surface area contributed by atoms with Crippen molar-refractivity contribution >= 4 is 0 Å². The number of methoxy groups -OCH3 is 1. The molecule has 0 saturated heterocycles. The highest BCUT2D eigenvalue weighted by Gasteiger charge is 2.07. The number of furan rings is 1. The molecule has 0 aliphatic heterocycles. The molecule has 4 heteroatoms. The van der Waals surface area contributed by atoms with Crippen LogP contribution in [0.5, 0.6) is 5.75 Å². The van der Waals surface area contributed by atoms with Crippen LogP contribution in [0.15, 0.2) is 41.0 Å². The lowest BCUT2D eigenvalue weighted by atomic mass is 10.1. The number of benzene rings is 1. The molecule has 0 saturated carbocycles. The maximum absolute atomic E-state index is 5.67. The normalized spacial score (nSPS) is 10.9. The summed E-state index contributed by atoms with van der Waals surface area (Å²) in [6.45, 7) is 2.11. The van der Waals surface area contributed by atoms with Gasteiger partial charge in [-0.3, -0.25) is 4.90 Å². The Hall–Kier alpha value is -1.78. The fraction of sp³-hybridized carbons (Fsp3) is 0.333. The van der Waals surface area contributed by atoms with E-state index in [9.17, 15) is 0 Å². The Bertz CT molecular complexity index is 509. The van der Waals surface area contributed by atoms with Gasteiger partial charge in [0, 0.05) is 18.7 Å². The predicted octanol–water partition coefficient (Wildman–Crippen LogP) is 2.38. The van der Waals surface area contributed by atoms with Gasteiger partial charge in [-0.15, -0.1) is 0 Å². The molecule has 2 rings (SSSR count). The Morgan fingerprint density at radius 2 is 2.11 bits per heavy atom. The maximum atomic E-state index is 5.67. The van der Waals surface area contributed by atoms with E-state index in [0.717, 1.165) is 30.2 Å². The molecule has 0 aliphatic rings. The molecule has 102 valence electrons. The molecule has 19 heavy (non-hydrogen) atoms. The Balaban J connectivity index is 2.02. The van der Waals surface area contributed by atoms with Gasteiger partial charge in [0.2, 0.25) is 0 Å². The lowest BCUT2D eigenvalue weighted by molar-refractivity contribution is 0.287. The number of rotatable bonds is 6.